The Morgan fingerprint density at radius 2 is 2.11 bits per heavy atom. The summed E-state index contributed by atoms with van der Waals surface area (Å²) in [7, 11) is 4.15. The Morgan fingerprint density at radius 1 is 1.44 bits per heavy atom. The van der Waals surface area contributed by atoms with Crippen molar-refractivity contribution < 1.29 is 4.79 Å². The van der Waals surface area contributed by atoms with Gasteiger partial charge < -0.3 is 9.80 Å². The lowest BCUT2D eigenvalue weighted by Gasteiger charge is -2.22. The SMILES string of the molecule is CC1CN(C(=O)c2cc(Br)c(Br)s2)CC1N(C)C. The first-order chi connectivity index (χ1) is 8.40. The molecule has 2 unspecified atom stereocenters. The molecule has 6 heteroatoms. The monoisotopic (exact) mass is 394 g/mol. The molecule has 2 heterocycles. The largest absolute Gasteiger partial charge is 0.336 e. The van der Waals surface area contributed by atoms with Crippen LogP contribution in [0.2, 0.25) is 0 Å². The van der Waals surface area contributed by atoms with E-state index in [0.29, 0.717) is 12.0 Å². The van der Waals surface area contributed by atoms with Crippen LogP contribution in [0.15, 0.2) is 14.3 Å². The molecule has 2 atom stereocenters. The average molecular weight is 396 g/mol. The molecule has 1 aliphatic rings. The zero-order valence-electron chi connectivity index (χ0n) is 10.6. The van der Waals surface area contributed by atoms with Crippen LogP contribution in [0, 0.1) is 5.92 Å². The minimum absolute atomic E-state index is 0.141. The number of amides is 1. The van der Waals surface area contributed by atoms with Gasteiger partial charge in [0.05, 0.1) is 8.66 Å². The first-order valence-electron chi connectivity index (χ1n) is 5.80. The smallest absolute Gasteiger partial charge is 0.264 e. The normalized spacial score (nSPS) is 24.0. The number of hydrogen-bond donors (Lipinski definition) is 0. The van der Waals surface area contributed by atoms with Crippen molar-refractivity contribution in [3.63, 3.8) is 0 Å². The first-order valence-corrected chi connectivity index (χ1v) is 8.21. The van der Waals surface area contributed by atoms with E-state index in [9.17, 15) is 4.79 Å². The summed E-state index contributed by atoms with van der Waals surface area (Å²) in [5.41, 5.74) is 0. The van der Waals surface area contributed by atoms with E-state index in [1.807, 2.05) is 11.0 Å². The van der Waals surface area contributed by atoms with Crippen LogP contribution in [0.3, 0.4) is 0 Å². The predicted octanol–water partition coefficient (Wildman–Crippen LogP) is 3.30. The van der Waals surface area contributed by atoms with Crippen LogP contribution in [0.5, 0.6) is 0 Å². The molecule has 1 aromatic rings. The molecule has 3 nitrogen and oxygen atoms in total. The second-order valence-electron chi connectivity index (χ2n) is 4.95. The summed E-state index contributed by atoms with van der Waals surface area (Å²) in [5.74, 6) is 0.665. The van der Waals surface area contributed by atoms with E-state index in [2.05, 4.69) is 57.8 Å². The number of carbonyl (C=O) groups excluding carboxylic acids is 1. The minimum atomic E-state index is 0.141. The van der Waals surface area contributed by atoms with Crippen molar-refractivity contribution in [1.29, 1.82) is 0 Å². The van der Waals surface area contributed by atoms with Gasteiger partial charge in [0.1, 0.15) is 0 Å². The highest BCUT2D eigenvalue weighted by Gasteiger charge is 2.34. The van der Waals surface area contributed by atoms with Crippen molar-refractivity contribution in [2.24, 2.45) is 5.92 Å². The fourth-order valence-corrected chi connectivity index (χ4v) is 4.40. The molecule has 0 radical (unpaired) electrons. The van der Waals surface area contributed by atoms with Gasteiger partial charge in [-0.05, 0) is 57.9 Å². The number of halogens is 2. The molecule has 0 N–H and O–H groups in total. The molecule has 0 saturated carbocycles. The van der Waals surface area contributed by atoms with Gasteiger partial charge in [-0.1, -0.05) is 6.92 Å². The molecule has 1 aromatic heterocycles. The summed E-state index contributed by atoms with van der Waals surface area (Å²) in [5, 5.41) is 0. The van der Waals surface area contributed by atoms with Gasteiger partial charge in [-0.25, -0.2) is 0 Å². The van der Waals surface area contributed by atoms with E-state index in [4.69, 9.17) is 0 Å². The number of likely N-dealkylation sites (N-methyl/N-ethyl adjacent to an activating group) is 1. The van der Waals surface area contributed by atoms with Crippen molar-refractivity contribution in [1.82, 2.24) is 9.80 Å². The van der Waals surface area contributed by atoms with Gasteiger partial charge in [-0.2, -0.15) is 0 Å². The lowest BCUT2D eigenvalue weighted by atomic mass is 10.1. The third kappa shape index (κ3) is 2.81. The Morgan fingerprint density at radius 3 is 2.56 bits per heavy atom. The van der Waals surface area contributed by atoms with E-state index in [1.54, 1.807) is 0 Å². The van der Waals surface area contributed by atoms with Crippen LogP contribution in [0.4, 0.5) is 0 Å². The molecule has 2 rings (SSSR count). The highest BCUT2D eigenvalue weighted by molar-refractivity contribution is 9.13. The summed E-state index contributed by atoms with van der Waals surface area (Å²) >= 11 is 8.34. The van der Waals surface area contributed by atoms with Crippen LogP contribution < -0.4 is 0 Å². The quantitative estimate of drug-likeness (QED) is 0.766. The maximum Gasteiger partial charge on any atom is 0.264 e. The standard InChI is InChI=1S/C12H16Br2N2OS/c1-7-5-16(6-9(7)15(2)3)12(17)10-4-8(13)11(14)18-10/h4,7,9H,5-6H2,1-3H3. The molecule has 1 amide bonds. The average Bonchev–Trinajstić information content (AvgIpc) is 2.82. The Hall–Kier alpha value is 0.0900. The fraction of sp³-hybridized carbons (Fsp3) is 0.583. The molecule has 100 valence electrons. The van der Waals surface area contributed by atoms with Gasteiger partial charge in [0, 0.05) is 23.6 Å². The van der Waals surface area contributed by atoms with Crippen molar-refractivity contribution in [3.8, 4) is 0 Å². The van der Waals surface area contributed by atoms with Crippen LogP contribution in [0.25, 0.3) is 0 Å². The zero-order chi connectivity index (χ0) is 13.4. The lowest BCUT2D eigenvalue weighted by Crippen LogP contribution is -2.35. The van der Waals surface area contributed by atoms with Crippen molar-refractivity contribution >= 4 is 49.1 Å². The minimum Gasteiger partial charge on any atom is -0.336 e. The van der Waals surface area contributed by atoms with Gasteiger partial charge >= 0.3 is 0 Å². The molecule has 0 bridgehead atoms. The number of carbonyl (C=O) groups is 1. The molecule has 0 aliphatic carbocycles. The first kappa shape index (κ1) is 14.5. The van der Waals surface area contributed by atoms with Gasteiger partial charge in [0.25, 0.3) is 5.91 Å². The van der Waals surface area contributed by atoms with E-state index in [-0.39, 0.29) is 5.91 Å². The Labute approximate surface area is 128 Å². The number of thiophene rings is 1. The molecular weight excluding hydrogens is 380 g/mol. The topological polar surface area (TPSA) is 23.6 Å². The highest BCUT2D eigenvalue weighted by atomic mass is 79.9. The van der Waals surface area contributed by atoms with E-state index in [1.165, 1.54) is 11.3 Å². The summed E-state index contributed by atoms with van der Waals surface area (Å²) in [6.07, 6.45) is 0. The summed E-state index contributed by atoms with van der Waals surface area (Å²) in [4.78, 5) is 17.4. The van der Waals surface area contributed by atoms with E-state index < -0.39 is 0 Å². The van der Waals surface area contributed by atoms with Gasteiger partial charge in [0.2, 0.25) is 0 Å². The molecule has 1 fully saturated rings. The van der Waals surface area contributed by atoms with Crippen molar-refractivity contribution in [2.45, 2.75) is 13.0 Å². The molecule has 0 spiro atoms. The van der Waals surface area contributed by atoms with E-state index in [0.717, 1.165) is 26.2 Å². The summed E-state index contributed by atoms with van der Waals surface area (Å²) < 4.78 is 1.93. The Kier molecular flexibility index (Phi) is 4.52. The molecule has 1 aliphatic heterocycles. The molecule has 18 heavy (non-hydrogen) atoms. The zero-order valence-corrected chi connectivity index (χ0v) is 14.6. The number of rotatable bonds is 2. The summed E-state index contributed by atoms with van der Waals surface area (Å²) in [6, 6.07) is 2.35. The second-order valence-corrected chi connectivity index (χ2v) is 8.18. The van der Waals surface area contributed by atoms with Crippen molar-refractivity contribution in [3.05, 3.63) is 19.2 Å². The van der Waals surface area contributed by atoms with Crippen molar-refractivity contribution in [2.75, 3.05) is 27.2 Å². The number of likely N-dealkylation sites (tertiary alicyclic amines) is 1. The van der Waals surface area contributed by atoms with Gasteiger partial charge in [-0.3, -0.25) is 4.79 Å². The van der Waals surface area contributed by atoms with Gasteiger partial charge in [0.15, 0.2) is 0 Å². The lowest BCUT2D eigenvalue weighted by molar-refractivity contribution is 0.0786. The van der Waals surface area contributed by atoms with Crippen LogP contribution in [-0.4, -0.2) is 48.9 Å². The number of hydrogen-bond acceptors (Lipinski definition) is 3. The molecule has 0 aromatic carbocycles. The van der Waals surface area contributed by atoms with Gasteiger partial charge in [-0.15, -0.1) is 11.3 Å². The Bertz CT molecular complexity index is 441. The summed E-state index contributed by atoms with van der Waals surface area (Å²) in [6.45, 7) is 3.87. The van der Waals surface area contributed by atoms with E-state index >= 15 is 0 Å². The Balaban J connectivity index is 2.12. The molecular formula is C12H16Br2N2OS. The number of nitrogens with zero attached hydrogens (tertiary/aromatic N) is 2. The third-order valence-electron chi connectivity index (χ3n) is 3.38. The highest BCUT2D eigenvalue weighted by Crippen LogP contribution is 2.34. The maximum atomic E-state index is 12.4. The maximum absolute atomic E-state index is 12.4. The predicted molar refractivity (Wildman–Crippen MR) is 82.3 cm³/mol. The van der Waals surface area contributed by atoms with Crippen LogP contribution in [0.1, 0.15) is 16.6 Å². The van der Waals surface area contributed by atoms with Crippen LogP contribution in [-0.2, 0) is 0 Å². The second kappa shape index (κ2) is 5.61. The van der Waals surface area contributed by atoms with Crippen LogP contribution >= 0.6 is 43.2 Å². The molecule has 1 saturated heterocycles. The third-order valence-corrected chi connectivity index (χ3v) is 6.62. The fourth-order valence-electron chi connectivity index (χ4n) is 2.40.